The molecular formula is C15H14Br2O2. The zero-order chi connectivity index (χ0) is 14.0. The largest absolute Gasteiger partial charge is 0.456 e. The minimum absolute atomic E-state index is 0.486. The first-order chi connectivity index (χ1) is 8.97. The van der Waals surface area contributed by atoms with E-state index in [9.17, 15) is 5.11 Å². The Morgan fingerprint density at radius 3 is 2.37 bits per heavy atom. The van der Waals surface area contributed by atoms with Gasteiger partial charge in [-0.15, -0.1) is 0 Å². The molecule has 0 aromatic heterocycles. The molecular weight excluding hydrogens is 372 g/mol. The van der Waals surface area contributed by atoms with Crippen LogP contribution >= 0.6 is 31.9 Å². The standard InChI is InChI=1S/C15H14Br2O2/c1-9-7-12(4-5-13(9)16)19-15-6-3-11(10(2)18)8-14(15)17/h3-8,10,18H,1-2H3/t10-/m1/s1. The molecule has 0 radical (unpaired) electrons. The molecule has 2 rings (SSSR count). The number of aliphatic hydroxyl groups is 1. The summed E-state index contributed by atoms with van der Waals surface area (Å²) < 4.78 is 7.71. The second-order valence-electron chi connectivity index (χ2n) is 4.38. The Kier molecular flexibility index (Phi) is 4.66. The summed E-state index contributed by atoms with van der Waals surface area (Å²) >= 11 is 6.92. The highest BCUT2D eigenvalue weighted by atomic mass is 79.9. The Bertz CT molecular complexity index is 595. The Labute approximate surface area is 129 Å². The SMILES string of the molecule is Cc1cc(Oc2ccc([C@@H](C)O)cc2Br)ccc1Br. The van der Waals surface area contributed by atoms with Gasteiger partial charge in [-0.1, -0.05) is 22.0 Å². The molecule has 2 aromatic carbocycles. The third-order valence-electron chi connectivity index (χ3n) is 2.80. The number of halogens is 2. The molecule has 0 aliphatic heterocycles. The van der Waals surface area contributed by atoms with Crippen LogP contribution in [0.3, 0.4) is 0 Å². The Hall–Kier alpha value is -0.840. The number of rotatable bonds is 3. The molecule has 0 fully saturated rings. The summed E-state index contributed by atoms with van der Waals surface area (Å²) in [5.41, 5.74) is 1.97. The molecule has 1 atom stereocenters. The second kappa shape index (κ2) is 6.07. The molecule has 0 aliphatic rings. The summed E-state index contributed by atoms with van der Waals surface area (Å²) in [6, 6.07) is 11.4. The zero-order valence-electron chi connectivity index (χ0n) is 10.7. The van der Waals surface area contributed by atoms with Gasteiger partial charge in [0, 0.05) is 4.47 Å². The predicted molar refractivity (Wildman–Crippen MR) is 83.7 cm³/mol. The number of benzene rings is 2. The summed E-state index contributed by atoms with van der Waals surface area (Å²) in [6.07, 6.45) is -0.486. The van der Waals surface area contributed by atoms with Crippen LogP contribution in [0.4, 0.5) is 0 Å². The Morgan fingerprint density at radius 2 is 1.79 bits per heavy atom. The van der Waals surface area contributed by atoms with Crippen molar-refractivity contribution in [3.8, 4) is 11.5 Å². The van der Waals surface area contributed by atoms with Gasteiger partial charge in [0.2, 0.25) is 0 Å². The molecule has 2 aromatic rings. The second-order valence-corrected chi connectivity index (χ2v) is 6.09. The summed E-state index contributed by atoms with van der Waals surface area (Å²) in [6.45, 7) is 3.75. The molecule has 0 spiro atoms. The molecule has 1 N–H and O–H groups in total. The van der Waals surface area contributed by atoms with E-state index >= 15 is 0 Å². The van der Waals surface area contributed by atoms with Gasteiger partial charge in [0.1, 0.15) is 11.5 Å². The van der Waals surface area contributed by atoms with E-state index in [4.69, 9.17) is 4.74 Å². The van der Waals surface area contributed by atoms with Crippen LogP contribution < -0.4 is 4.74 Å². The van der Waals surface area contributed by atoms with E-state index in [1.54, 1.807) is 6.92 Å². The Morgan fingerprint density at radius 1 is 1.05 bits per heavy atom. The van der Waals surface area contributed by atoms with Crippen molar-refractivity contribution in [1.29, 1.82) is 0 Å². The molecule has 0 aliphatic carbocycles. The molecule has 0 saturated heterocycles. The maximum absolute atomic E-state index is 9.53. The van der Waals surface area contributed by atoms with Crippen molar-refractivity contribution in [2.75, 3.05) is 0 Å². The fourth-order valence-electron chi connectivity index (χ4n) is 1.67. The molecule has 0 bridgehead atoms. The van der Waals surface area contributed by atoms with Crippen molar-refractivity contribution >= 4 is 31.9 Å². The van der Waals surface area contributed by atoms with Crippen molar-refractivity contribution in [3.05, 3.63) is 56.5 Å². The fourth-order valence-corrected chi connectivity index (χ4v) is 2.39. The number of aliphatic hydroxyl groups excluding tert-OH is 1. The van der Waals surface area contributed by atoms with E-state index in [0.29, 0.717) is 0 Å². The lowest BCUT2D eigenvalue weighted by molar-refractivity contribution is 0.199. The van der Waals surface area contributed by atoms with Crippen molar-refractivity contribution in [1.82, 2.24) is 0 Å². The molecule has 0 unspecified atom stereocenters. The smallest absolute Gasteiger partial charge is 0.141 e. The van der Waals surface area contributed by atoms with Gasteiger partial charge in [0.25, 0.3) is 0 Å². The van der Waals surface area contributed by atoms with Crippen LogP contribution in [0.5, 0.6) is 11.5 Å². The first-order valence-corrected chi connectivity index (χ1v) is 7.47. The molecule has 100 valence electrons. The molecule has 19 heavy (non-hydrogen) atoms. The highest BCUT2D eigenvalue weighted by Gasteiger charge is 2.07. The quantitative estimate of drug-likeness (QED) is 0.769. The predicted octanol–water partition coefficient (Wildman–Crippen LogP) is 5.37. The first-order valence-electron chi connectivity index (χ1n) is 5.89. The minimum Gasteiger partial charge on any atom is -0.456 e. The first kappa shape index (κ1) is 14.6. The number of ether oxygens (including phenoxy) is 1. The van der Waals surface area contributed by atoms with Crippen LogP contribution in [-0.4, -0.2) is 5.11 Å². The average Bonchev–Trinajstić information content (AvgIpc) is 2.36. The van der Waals surface area contributed by atoms with Crippen molar-refractivity contribution in [2.24, 2.45) is 0 Å². The maximum Gasteiger partial charge on any atom is 0.141 e. The van der Waals surface area contributed by atoms with Crippen LogP contribution in [0.1, 0.15) is 24.2 Å². The highest BCUT2D eigenvalue weighted by Crippen LogP contribution is 2.33. The number of hydrogen-bond acceptors (Lipinski definition) is 2. The number of aryl methyl sites for hydroxylation is 1. The maximum atomic E-state index is 9.53. The molecule has 0 amide bonds. The minimum atomic E-state index is -0.486. The zero-order valence-corrected chi connectivity index (χ0v) is 13.8. The summed E-state index contributed by atoms with van der Waals surface area (Å²) in [7, 11) is 0. The van der Waals surface area contributed by atoms with Gasteiger partial charge in [0.05, 0.1) is 10.6 Å². The highest BCUT2D eigenvalue weighted by molar-refractivity contribution is 9.10. The molecule has 4 heteroatoms. The Balaban J connectivity index is 2.25. The lowest BCUT2D eigenvalue weighted by atomic mass is 10.1. The van der Waals surface area contributed by atoms with Gasteiger partial charge >= 0.3 is 0 Å². The van der Waals surface area contributed by atoms with Crippen LogP contribution in [0.25, 0.3) is 0 Å². The summed E-state index contributed by atoms with van der Waals surface area (Å²) in [5, 5.41) is 9.53. The average molecular weight is 386 g/mol. The van der Waals surface area contributed by atoms with Crippen molar-refractivity contribution in [3.63, 3.8) is 0 Å². The van der Waals surface area contributed by atoms with Crippen LogP contribution in [0.2, 0.25) is 0 Å². The molecule has 2 nitrogen and oxygen atoms in total. The molecule has 0 heterocycles. The van der Waals surface area contributed by atoms with E-state index in [1.165, 1.54) is 0 Å². The summed E-state index contributed by atoms with van der Waals surface area (Å²) in [5.74, 6) is 1.51. The van der Waals surface area contributed by atoms with E-state index < -0.39 is 6.10 Å². The molecule has 0 saturated carbocycles. The lowest BCUT2D eigenvalue weighted by Gasteiger charge is -2.11. The van der Waals surface area contributed by atoms with Gasteiger partial charge < -0.3 is 9.84 Å². The van der Waals surface area contributed by atoms with Crippen molar-refractivity contribution < 1.29 is 9.84 Å². The van der Waals surface area contributed by atoms with E-state index in [0.717, 1.165) is 31.6 Å². The number of hydrogen-bond donors (Lipinski definition) is 1. The van der Waals surface area contributed by atoms with Crippen molar-refractivity contribution in [2.45, 2.75) is 20.0 Å². The normalized spacial score (nSPS) is 12.3. The van der Waals surface area contributed by atoms with E-state index in [1.807, 2.05) is 43.3 Å². The van der Waals surface area contributed by atoms with Gasteiger partial charge in [-0.2, -0.15) is 0 Å². The van der Waals surface area contributed by atoms with E-state index in [-0.39, 0.29) is 0 Å². The topological polar surface area (TPSA) is 29.5 Å². The van der Waals surface area contributed by atoms with Gasteiger partial charge in [-0.25, -0.2) is 0 Å². The van der Waals surface area contributed by atoms with E-state index in [2.05, 4.69) is 31.9 Å². The van der Waals surface area contributed by atoms with Gasteiger partial charge in [0.15, 0.2) is 0 Å². The van der Waals surface area contributed by atoms with Gasteiger partial charge in [-0.05, 0) is 71.2 Å². The van der Waals surface area contributed by atoms with Crippen LogP contribution in [-0.2, 0) is 0 Å². The lowest BCUT2D eigenvalue weighted by Crippen LogP contribution is -1.92. The van der Waals surface area contributed by atoms with Crippen LogP contribution in [0.15, 0.2) is 45.3 Å². The third-order valence-corrected chi connectivity index (χ3v) is 4.31. The fraction of sp³-hybridized carbons (Fsp3) is 0.200. The monoisotopic (exact) mass is 384 g/mol. The van der Waals surface area contributed by atoms with Gasteiger partial charge in [-0.3, -0.25) is 0 Å². The summed E-state index contributed by atoms with van der Waals surface area (Å²) in [4.78, 5) is 0. The van der Waals surface area contributed by atoms with Crippen LogP contribution in [0, 0.1) is 6.92 Å². The third kappa shape index (κ3) is 3.59.